The van der Waals surface area contributed by atoms with Crippen LogP contribution < -0.4 is 11.0 Å². The van der Waals surface area contributed by atoms with Crippen LogP contribution in [0.1, 0.15) is 6.92 Å². The molecule has 6 heteroatoms. The Hall–Kier alpha value is -1.69. The molecule has 1 aromatic heterocycles. The first-order valence-corrected chi connectivity index (χ1v) is 4.93. The summed E-state index contributed by atoms with van der Waals surface area (Å²) in [6.45, 7) is 2.24. The monoisotopic (exact) mass is 225 g/mol. The molecule has 0 spiro atoms. The molecule has 0 aliphatic heterocycles. The van der Waals surface area contributed by atoms with Crippen molar-refractivity contribution >= 4 is 5.91 Å². The number of methoxy groups -OCH3 is 1. The Morgan fingerprint density at radius 2 is 2.44 bits per heavy atom. The average molecular weight is 225 g/mol. The summed E-state index contributed by atoms with van der Waals surface area (Å²) in [6.07, 6.45) is 2.92. The summed E-state index contributed by atoms with van der Waals surface area (Å²) in [5.74, 6) is -0.236. The second-order valence-electron chi connectivity index (χ2n) is 3.45. The highest BCUT2D eigenvalue weighted by Crippen LogP contribution is 1.85. The second-order valence-corrected chi connectivity index (χ2v) is 3.45. The number of carbonyl (C=O) groups excluding carboxylic acids is 1. The Kier molecular flexibility index (Phi) is 4.65. The standard InChI is InChI=1S/C10H15N3O3/c1-8(7-16-2)12-9(14)6-13-5-3-4-11-10(13)15/h3-5,8H,6-7H2,1-2H3,(H,12,14). The lowest BCUT2D eigenvalue weighted by molar-refractivity contribution is -0.122. The molecule has 0 aliphatic rings. The first-order valence-electron chi connectivity index (χ1n) is 4.93. The number of amides is 1. The van der Waals surface area contributed by atoms with Crippen molar-refractivity contribution < 1.29 is 9.53 Å². The number of hydrogen-bond acceptors (Lipinski definition) is 4. The van der Waals surface area contributed by atoms with Crippen molar-refractivity contribution in [3.8, 4) is 0 Å². The SMILES string of the molecule is COCC(C)NC(=O)Cn1cccnc1=O. The molecule has 1 atom stereocenters. The van der Waals surface area contributed by atoms with Crippen LogP contribution in [0.15, 0.2) is 23.3 Å². The van der Waals surface area contributed by atoms with Crippen LogP contribution in [-0.2, 0) is 16.1 Å². The summed E-state index contributed by atoms with van der Waals surface area (Å²) in [5.41, 5.74) is -0.433. The summed E-state index contributed by atoms with van der Waals surface area (Å²) < 4.78 is 6.13. The van der Waals surface area contributed by atoms with E-state index in [0.717, 1.165) is 0 Å². The molecule has 1 unspecified atom stereocenters. The van der Waals surface area contributed by atoms with Crippen molar-refractivity contribution in [3.63, 3.8) is 0 Å². The smallest absolute Gasteiger partial charge is 0.347 e. The first kappa shape index (κ1) is 12.4. The summed E-state index contributed by atoms with van der Waals surface area (Å²) in [5, 5.41) is 2.71. The number of nitrogens with one attached hydrogen (secondary N) is 1. The lowest BCUT2D eigenvalue weighted by Gasteiger charge is -2.12. The van der Waals surface area contributed by atoms with E-state index < -0.39 is 5.69 Å². The maximum Gasteiger partial charge on any atom is 0.347 e. The molecule has 0 radical (unpaired) electrons. The predicted molar refractivity (Wildman–Crippen MR) is 58.0 cm³/mol. The zero-order valence-corrected chi connectivity index (χ0v) is 9.34. The third-order valence-corrected chi connectivity index (χ3v) is 1.92. The van der Waals surface area contributed by atoms with E-state index in [2.05, 4.69) is 10.3 Å². The van der Waals surface area contributed by atoms with Crippen molar-refractivity contribution in [2.75, 3.05) is 13.7 Å². The quantitative estimate of drug-likeness (QED) is 0.726. The summed E-state index contributed by atoms with van der Waals surface area (Å²) in [4.78, 5) is 26.3. The van der Waals surface area contributed by atoms with E-state index in [1.54, 1.807) is 13.2 Å². The summed E-state index contributed by atoms with van der Waals surface area (Å²) in [6, 6.07) is 1.53. The van der Waals surface area contributed by atoms with Crippen LogP contribution in [-0.4, -0.2) is 35.2 Å². The van der Waals surface area contributed by atoms with Gasteiger partial charge in [-0.05, 0) is 13.0 Å². The number of ether oxygens (including phenoxy) is 1. The minimum absolute atomic E-state index is 0.0271. The molecular weight excluding hydrogens is 210 g/mol. The molecule has 0 saturated carbocycles. The summed E-state index contributed by atoms with van der Waals surface area (Å²) in [7, 11) is 1.56. The molecule has 16 heavy (non-hydrogen) atoms. The van der Waals surface area contributed by atoms with E-state index in [-0.39, 0.29) is 18.5 Å². The molecule has 0 aromatic carbocycles. The molecule has 6 nitrogen and oxygen atoms in total. The van der Waals surface area contributed by atoms with Crippen LogP contribution in [0, 0.1) is 0 Å². The normalized spacial score (nSPS) is 12.1. The zero-order chi connectivity index (χ0) is 12.0. The number of nitrogens with zero attached hydrogens (tertiary/aromatic N) is 2. The Morgan fingerprint density at radius 3 is 3.06 bits per heavy atom. The molecule has 1 rings (SSSR count). The van der Waals surface area contributed by atoms with E-state index >= 15 is 0 Å². The van der Waals surface area contributed by atoms with Crippen LogP contribution >= 0.6 is 0 Å². The topological polar surface area (TPSA) is 73.2 Å². The van der Waals surface area contributed by atoms with Crippen molar-refractivity contribution in [3.05, 3.63) is 28.9 Å². The van der Waals surface area contributed by atoms with E-state index in [1.807, 2.05) is 6.92 Å². The minimum atomic E-state index is -0.433. The maximum absolute atomic E-state index is 11.5. The third-order valence-electron chi connectivity index (χ3n) is 1.92. The van der Waals surface area contributed by atoms with Crippen LogP contribution in [0.4, 0.5) is 0 Å². The maximum atomic E-state index is 11.5. The Bertz CT molecular complexity index is 402. The first-order chi connectivity index (χ1) is 7.63. The van der Waals surface area contributed by atoms with Crippen molar-refractivity contribution in [2.45, 2.75) is 19.5 Å². The molecule has 1 N–H and O–H groups in total. The van der Waals surface area contributed by atoms with Gasteiger partial charge in [-0.3, -0.25) is 9.36 Å². The molecule has 0 saturated heterocycles. The van der Waals surface area contributed by atoms with Gasteiger partial charge >= 0.3 is 5.69 Å². The van der Waals surface area contributed by atoms with Gasteiger partial charge in [0, 0.05) is 25.5 Å². The minimum Gasteiger partial charge on any atom is -0.383 e. The molecule has 1 amide bonds. The van der Waals surface area contributed by atoms with Gasteiger partial charge in [0.2, 0.25) is 5.91 Å². The Labute approximate surface area is 93.3 Å². The lowest BCUT2D eigenvalue weighted by atomic mass is 10.3. The highest BCUT2D eigenvalue weighted by molar-refractivity contribution is 5.75. The molecule has 0 aliphatic carbocycles. The van der Waals surface area contributed by atoms with Crippen LogP contribution in [0.3, 0.4) is 0 Å². The lowest BCUT2D eigenvalue weighted by Crippen LogP contribution is -2.39. The number of hydrogen-bond donors (Lipinski definition) is 1. The molecule has 1 heterocycles. The van der Waals surface area contributed by atoms with Gasteiger partial charge in [-0.15, -0.1) is 0 Å². The predicted octanol–water partition coefficient (Wildman–Crippen LogP) is -0.606. The molecular formula is C10H15N3O3. The largest absolute Gasteiger partial charge is 0.383 e. The highest BCUT2D eigenvalue weighted by Gasteiger charge is 2.08. The molecule has 88 valence electrons. The van der Waals surface area contributed by atoms with E-state index in [1.165, 1.54) is 17.0 Å². The van der Waals surface area contributed by atoms with E-state index in [9.17, 15) is 9.59 Å². The van der Waals surface area contributed by atoms with E-state index in [0.29, 0.717) is 6.61 Å². The van der Waals surface area contributed by atoms with Crippen molar-refractivity contribution in [1.82, 2.24) is 14.9 Å². The van der Waals surface area contributed by atoms with Gasteiger partial charge in [0.1, 0.15) is 6.54 Å². The Balaban J connectivity index is 2.52. The van der Waals surface area contributed by atoms with Crippen LogP contribution in [0.2, 0.25) is 0 Å². The van der Waals surface area contributed by atoms with Gasteiger partial charge < -0.3 is 10.1 Å². The molecule has 1 aromatic rings. The molecule has 0 fully saturated rings. The van der Waals surface area contributed by atoms with Crippen molar-refractivity contribution in [1.29, 1.82) is 0 Å². The fourth-order valence-electron chi connectivity index (χ4n) is 1.27. The average Bonchev–Trinajstić information content (AvgIpc) is 2.21. The fraction of sp³-hybridized carbons (Fsp3) is 0.500. The van der Waals surface area contributed by atoms with Crippen LogP contribution in [0.25, 0.3) is 0 Å². The number of rotatable bonds is 5. The Morgan fingerprint density at radius 1 is 1.69 bits per heavy atom. The third kappa shape index (κ3) is 3.82. The number of carbonyl (C=O) groups is 1. The van der Waals surface area contributed by atoms with Gasteiger partial charge in [-0.25, -0.2) is 9.78 Å². The highest BCUT2D eigenvalue weighted by atomic mass is 16.5. The van der Waals surface area contributed by atoms with Gasteiger partial charge in [0.05, 0.1) is 6.61 Å². The van der Waals surface area contributed by atoms with Gasteiger partial charge in [-0.1, -0.05) is 0 Å². The van der Waals surface area contributed by atoms with Gasteiger partial charge in [0.25, 0.3) is 0 Å². The zero-order valence-electron chi connectivity index (χ0n) is 9.34. The second kappa shape index (κ2) is 6.02. The number of aromatic nitrogens is 2. The van der Waals surface area contributed by atoms with Crippen molar-refractivity contribution in [2.24, 2.45) is 0 Å². The molecule has 0 bridgehead atoms. The van der Waals surface area contributed by atoms with Crippen LogP contribution in [0.5, 0.6) is 0 Å². The summed E-state index contributed by atoms with van der Waals surface area (Å²) >= 11 is 0. The van der Waals surface area contributed by atoms with E-state index in [4.69, 9.17) is 4.74 Å². The fourth-order valence-corrected chi connectivity index (χ4v) is 1.27. The van der Waals surface area contributed by atoms with Gasteiger partial charge in [0.15, 0.2) is 0 Å². The van der Waals surface area contributed by atoms with Gasteiger partial charge in [-0.2, -0.15) is 0 Å².